The van der Waals surface area contributed by atoms with Crippen molar-refractivity contribution in [3.63, 3.8) is 0 Å². The third-order valence-corrected chi connectivity index (χ3v) is 3.19. The Morgan fingerprint density at radius 3 is 2.93 bits per heavy atom. The van der Waals surface area contributed by atoms with Crippen molar-refractivity contribution < 1.29 is 9.50 Å². The molecular weight excluding hydrogens is 249 g/mol. The van der Waals surface area contributed by atoms with Crippen LogP contribution in [-0.4, -0.2) is 11.2 Å². The largest absolute Gasteiger partial charge is 0.392 e. The van der Waals surface area contributed by atoms with Crippen LogP contribution in [0.4, 0.5) is 4.39 Å². The molecule has 1 aliphatic rings. The third-order valence-electron chi connectivity index (χ3n) is 2.42. The molecule has 4 heteroatoms. The molecule has 0 aliphatic heterocycles. The van der Waals surface area contributed by atoms with E-state index in [-0.39, 0.29) is 10.0 Å². The Morgan fingerprint density at radius 2 is 2.29 bits per heavy atom. The second-order valence-electron chi connectivity index (χ2n) is 3.36. The van der Waals surface area contributed by atoms with Crippen LogP contribution in [0.5, 0.6) is 0 Å². The van der Waals surface area contributed by atoms with E-state index < -0.39 is 11.9 Å². The summed E-state index contributed by atoms with van der Waals surface area (Å²) in [5.41, 5.74) is 1.56. The van der Waals surface area contributed by atoms with Crippen molar-refractivity contribution in [3.8, 4) is 6.07 Å². The molecule has 1 aliphatic carbocycles. The first kappa shape index (κ1) is 9.63. The minimum atomic E-state index is -0.514. The van der Waals surface area contributed by atoms with Crippen LogP contribution in [0.3, 0.4) is 0 Å². The standard InChI is InChI=1S/C10H7BrFNO/c11-9-6(4-13)1-5-2-7(14)3-8(5)10(9)12/h1,7,14H,2-3H2. The van der Waals surface area contributed by atoms with Crippen LogP contribution in [0, 0.1) is 17.1 Å². The number of nitrogens with zero attached hydrogens (tertiary/aromatic N) is 1. The predicted molar refractivity (Wildman–Crippen MR) is 52.2 cm³/mol. The first-order chi connectivity index (χ1) is 6.63. The number of rotatable bonds is 0. The van der Waals surface area contributed by atoms with Crippen molar-refractivity contribution in [1.29, 1.82) is 5.26 Å². The number of fused-ring (bicyclic) bond motifs is 1. The summed E-state index contributed by atoms with van der Waals surface area (Å²) in [5.74, 6) is -0.407. The number of aliphatic hydroxyl groups excluding tert-OH is 1. The molecule has 0 saturated carbocycles. The van der Waals surface area contributed by atoms with E-state index in [0.29, 0.717) is 18.4 Å². The monoisotopic (exact) mass is 255 g/mol. The molecule has 0 spiro atoms. The molecule has 72 valence electrons. The maximum absolute atomic E-state index is 13.6. The second-order valence-corrected chi connectivity index (χ2v) is 4.16. The quantitative estimate of drug-likeness (QED) is 0.770. The number of hydrogen-bond donors (Lipinski definition) is 1. The van der Waals surface area contributed by atoms with Gasteiger partial charge in [-0.2, -0.15) is 5.26 Å². The molecule has 0 amide bonds. The van der Waals surface area contributed by atoms with Gasteiger partial charge in [0.15, 0.2) is 0 Å². The minimum Gasteiger partial charge on any atom is -0.392 e. The zero-order valence-corrected chi connectivity index (χ0v) is 8.81. The van der Waals surface area contributed by atoms with E-state index in [1.165, 1.54) is 0 Å². The average Bonchev–Trinajstić information content (AvgIpc) is 2.52. The first-order valence-electron chi connectivity index (χ1n) is 4.21. The van der Waals surface area contributed by atoms with Crippen LogP contribution in [0.15, 0.2) is 10.5 Å². The maximum Gasteiger partial charge on any atom is 0.142 e. The zero-order chi connectivity index (χ0) is 10.3. The summed E-state index contributed by atoms with van der Waals surface area (Å²) in [6.45, 7) is 0. The van der Waals surface area contributed by atoms with Crippen LogP contribution in [-0.2, 0) is 12.8 Å². The van der Waals surface area contributed by atoms with Crippen LogP contribution < -0.4 is 0 Å². The summed E-state index contributed by atoms with van der Waals surface area (Å²) in [6, 6.07) is 3.55. The van der Waals surface area contributed by atoms with Crippen molar-refractivity contribution in [1.82, 2.24) is 0 Å². The Labute approximate surface area is 89.1 Å². The van der Waals surface area contributed by atoms with E-state index in [4.69, 9.17) is 5.26 Å². The lowest BCUT2D eigenvalue weighted by atomic mass is 10.1. The van der Waals surface area contributed by atoms with E-state index in [9.17, 15) is 9.50 Å². The number of hydrogen-bond acceptors (Lipinski definition) is 2. The Balaban J connectivity index is 2.63. The molecule has 0 aromatic heterocycles. The van der Waals surface area contributed by atoms with Gasteiger partial charge in [0, 0.05) is 6.42 Å². The van der Waals surface area contributed by atoms with Crippen LogP contribution >= 0.6 is 15.9 Å². The maximum atomic E-state index is 13.6. The minimum absolute atomic E-state index is 0.202. The highest BCUT2D eigenvalue weighted by Gasteiger charge is 2.25. The molecule has 1 N–H and O–H groups in total. The Morgan fingerprint density at radius 1 is 1.57 bits per heavy atom. The van der Waals surface area contributed by atoms with Crippen molar-refractivity contribution in [2.24, 2.45) is 0 Å². The molecule has 0 heterocycles. The predicted octanol–water partition coefficient (Wildman–Crippen LogP) is 1.92. The second kappa shape index (κ2) is 3.34. The fourth-order valence-corrected chi connectivity index (χ4v) is 2.20. The molecule has 1 unspecified atom stereocenters. The van der Waals surface area contributed by atoms with Gasteiger partial charge in [-0.3, -0.25) is 0 Å². The molecule has 0 fully saturated rings. The van der Waals surface area contributed by atoms with Gasteiger partial charge in [-0.25, -0.2) is 4.39 Å². The molecule has 2 nitrogen and oxygen atoms in total. The van der Waals surface area contributed by atoms with Crippen molar-refractivity contribution in [3.05, 3.63) is 33.0 Å². The third kappa shape index (κ3) is 1.33. The molecule has 14 heavy (non-hydrogen) atoms. The Hall–Kier alpha value is -0.920. The van der Waals surface area contributed by atoms with Gasteiger partial charge in [0.05, 0.1) is 16.1 Å². The average molecular weight is 256 g/mol. The van der Waals surface area contributed by atoms with Gasteiger partial charge < -0.3 is 5.11 Å². The molecule has 0 bridgehead atoms. The summed E-state index contributed by atoms with van der Waals surface area (Å²) in [7, 11) is 0. The summed E-state index contributed by atoms with van der Waals surface area (Å²) in [5, 5.41) is 18.1. The van der Waals surface area contributed by atoms with E-state index in [2.05, 4.69) is 15.9 Å². The highest BCUT2D eigenvalue weighted by molar-refractivity contribution is 9.10. The summed E-state index contributed by atoms with van der Waals surface area (Å²) in [6.07, 6.45) is 0.264. The SMILES string of the molecule is N#Cc1cc2c(c(F)c1Br)CC(O)C2. The van der Waals surface area contributed by atoms with Crippen molar-refractivity contribution in [2.75, 3.05) is 0 Å². The van der Waals surface area contributed by atoms with Gasteiger partial charge in [0.1, 0.15) is 11.9 Å². The number of benzene rings is 1. The van der Waals surface area contributed by atoms with E-state index in [0.717, 1.165) is 5.56 Å². The van der Waals surface area contributed by atoms with Gasteiger partial charge in [0.2, 0.25) is 0 Å². The van der Waals surface area contributed by atoms with E-state index in [1.54, 1.807) is 6.07 Å². The Kier molecular flexibility index (Phi) is 2.30. The van der Waals surface area contributed by atoms with Gasteiger partial charge in [0.25, 0.3) is 0 Å². The Bertz CT molecular complexity index is 439. The highest BCUT2D eigenvalue weighted by atomic mass is 79.9. The van der Waals surface area contributed by atoms with Crippen LogP contribution in [0.25, 0.3) is 0 Å². The van der Waals surface area contributed by atoms with Gasteiger partial charge in [-0.15, -0.1) is 0 Å². The van der Waals surface area contributed by atoms with Gasteiger partial charge in [-0.1, -0.05) is 0 Å². The van der Waals surface area contributed by atoms with Crippen LogP contribution in [0.1, 0.15) is 16.7 Å². The number of halogens is 2. The lowest BCUT2D eigenvalue weighted by Crippen LogP contribution is -2.03. The first-order valence-corrected chi connectivity index (χ1v) is 5.00. The lowest BCUT2D eigenvalue weighted by Gasteiger charge is -2.04. The molecule has 1 aromatic rings. The van der Waals surface area contributed by atoms with Crippen molar-refractivity contribution >= 4 is 15.9 Å². The summed E-state index contributed by atoms with van der Waals surface area (Å²) >= 11 is 3.03. The molecule has 2 rings (SSSR count). The summed E-state index contributed by atoms with van der Waals surface area (Å²) < 4.78 is 13.8. The smallest absolute Gasteiger partial charge is 0.142 e. The zero-order valence-electron chi connectivity index (χ0n) is 7.22. The molecular formula is C10H7BrFNO. The number of nitriles is 1. The molecule has 1 aromatic carbocycles. The fraction of sp³-hybridized carbons (Fsp3) is 0.300. The van der Waals surface area contributed by atoms with E-state index in [1.807, 2.05) is 6.07 Å². The summed E-state index contributed by atoms with van der Waals surface area (Å²) in [4.78, 5) is 0. The topological polar surface area (TPSA) is 44.0 Å². The number of aliphatic hydroxyl groups is 1. The molecule has 0 saturated heterocycles. The molecule has 1 atom stereocenters. The lowest BCUT2D eigenvalue weighted by molar-refractivity contribution is 0.186. The normalized spacial score (nSPS) is 19.1. The van der Waals surface area contributed by atoms with Gasteiger partial charge >= 0.3 is 0 Å². The van der Waals surface area contributed by atoms with E-state index >= 15 is 0 Å². The van der Waals surface area contributed by atoms with Gasteiger partial charge in [-0.05, 0) is 39.5 Å². The van der Waals surface area contributed by atoms with Crippen molar-refractivity contribution in [2.45, 2.75) is 18.9 Å². The highest BCUT2D eigenvalue weighted by Crippen LogP contribution is 2.32. The van der Waals surface area contributed by atoms with Crippen LogP contribution in [0.2, 0.25) is 0 Å². The molecule has 0 radical (unpaired) electrons. The fourth-order valence-electron chi connectivity index (χ4n) is 1.76.